The molecule has 4 aliphatic rings. The third-order valence-corrected chi connectivity index (χ3v) is 19.9. The number of fused-ring (bicyclic) bond motifs is 8. The minimum Gasteiger partial charge on any atom is -0.458 e. The predicted molar refractivity (Wildman–Crippen MR) is 409 cm³/mol. The lowest BCUT2D eigenvalue weighted by atomic mass is 9.31. The van der Waals surface area contributed by atoms with Gasteiger partial charge in [0.2, 0.25) is 0 Å². The van der Waals surface area contributed by atoms with E-state index in [0.29, 0.717) is 0 Å². The zero-order chi connectivity index (χ0) is 64.6. The largest absolute Gasteiger partial charge is 0.458 e. The van der Waals surface area contributed by atoms with Crippen LogP contribution in [0.25, 0.3) is 44.5 Å². The molecule has 98 heavy (non-hydrogen) atoms. The molecular weight excluding hydrogens is 1190 g/mol. The van der Waals surface area contributed by atoms with Gasteiger partial charge in [-0.25, -0.2) is 0 Å². The van der Waals surface area contributed by atoms with Crippen LogP contribution in [0.4, 0.5) is 68.2 Å². The first kappa shape index (κ1) is 56.7. The molecule has 0 atom stereocenters. The summed E-state index contributed by atoms with van der Waals surface area (Å²) in [5.74, 6) is 3.27. The highest BCUT2D eigenvalue weighted by Gasteiger charge is 2.48. The molecule has 0 saturated carbocycles. The Morgan fingerprint density at radius 3 is 1.03 bits per heavy atom. The highest BCUT2D eigenvalue weighted by Crippen LogP contribution is 2.54. The smallest absolute Gasteiger partial charge is 0.256 e. The summed E-state index contributed by atoms with van der Waals surface area (Å²) in [4.78, 5) is 9.95. The van der Waals surface area contributed by atoms with Crippen molar-refractivity contribution in [3.63, 3.8) is 0 Å². The van der Waals surface area contributed by atoms with E-state index in [0.717, 1.165) is 158 Å². The molecule has 19 rings (SSSR count). The van der Waals surface area contributed by atoms with E-state index in [1.54, 1.807) is 0 Å². The fourth-order valence-electron chi connectivity index (χ4n) is 15.8. The fourth-order valence-corrected chi connectivity index (χ4v) is 15.8. The Labute approximate surface area is 571 Å². The molecule has 0 amide bonds. The van der Waals surface area contributed by atoms with Crippen LogP contribution in [0, 0.1) is 0 Å². The van der Waals surface area contributed by atoms with Crippen molar-refractivity contribution in [2.45, 2.75) is 0 Å². The third-order valence-electron chi connectivity index (χ3n) is 19.9. The average Bonchev–Trinajstić information content (AvgIpc) is 0.688. The van der Waals surface area contributed by atoms with Gasteiger partial charge >= 0.3 is 0 Å². The molecule has 0 spiro atoms. The van der Waals surface area contributed by atoms with E-state index in [2.05, 4.69) is 384 Å². The van der Waals surface area contributed by atoms with Crippen molar-refractivity contribution < 1.29 is 9.47 Å². The van der Waals surface area contributed by atoms with Gasteiger partial charge in [-0.1, -0.05) is 273 Å². The fraction of sp³-hybridized carbons (Fsp3) is 0. The molecular formula is C90H60B2N4O2. The van der Waals surface area contributed by atoms with Gasteiger partial charge in [-0.15, -0.1) is 0 Å². The van der Waals surface area contributed by atoms with Gasteiger partial charge in [0.25, 0.3) is 13.4 Å². The quantitative estimate of drug-likeness (QED) is 0.113. The summed E-state index contributed by atoms with van der Waals surface area (Å²) in [5, 5.41) is 0. The summed E-state index contributed by atoms with van der Waals surface area (Å²) in [6.45, 7) is -0.512. The van der Waals surface area contributed by atoms with Crippen molar-refractivity contribution in [3.8, 4) is 67.5 Å². The van der Waals surface area contributed by atoms with Gasteiger partial charge < -0.3 is 29.1 Å². The molecule has 6 nitrogen and oxygen atoms in total. The molecule has 4 aliphatic heterocycles. The van der Waals surface area contributed by atoms with Crippen molar-refractivity contribution in [2.75, 3.05) is 19.6 Å². The van der Waals surface area contributed by atoms with Gasteiger partial charge in [-0.2, -0.15) is 0 Å². The van der Waals surface area contributed by atoms with Crippen LogP contribution in [-0.2, 0) is 0 Å². The third kappa shape index (κ3) is 9.36. The molecule has 0 aromatic heterocycles. The second-order valence-corrected chi connectivity index (χ2v) is 25.4. The maximum Gasteiger partial charge on any atom is 0.256 e. The van der Waals surface area contributed by atoms with Crippen molar-refractivity contribution in [3.05, 3.63) is 364 Å². The number of ether oxygens (including phenoxy) is 2. The van der Waals surface area contributed by atoms with E-state index in [1.165, 1.54) is 10.9 Å². The molecule has 0 fully saturated rings. The first-order valence-electron chi connectivity index (χ1n) is 33.6. The van der Waals surface area contributed by atoms with Gasteiger partial charge in [-0.3, -0.25) is 0 Å². The Hall–Kier alpha value is -12.8. The van der Waals surface area contributed by atoms with Gasteiger partial charge in [0.05, 0.1) is 28.4 Å². The lowest BCUT2D eigenvalue weighted by Crippen LogP contribution is -2.63. The zero-order valence-electron chi connectivity index (χ0n) is 53.4. The van der Waals surface area contributed by atoms with Gasteiger partial charge in [0.15, 0.2) is 0 Å². The zero-order valence-corrected chi connectivity index (χ0v) is 53.4. The molecule has 15 aromatic carbocycles. The monoisotopic (exact) mass is 1250 g/mol. The van der Waals surface area contributed by atoms with Crippen LogP contribution in [0.5, 0.6) is 23.0 Å². The molecule has 8 heteroatoms. The van der Waals surface area contributed by atoms with E-state index in [1.807, 2.05) is 0 Å². The molecule has 15 aromatic rings. The minimum atomic E-state index is -0.269. The molecule has 0 unspecified atom stereocenters. The molecule has 458 valence electrons. The van der Waals surface area contributed by atoms with Crippen molar-refractivity contribution in [1.82, 2.24) is 0 Å². The normalized spacial score (nSPS) is 12.6. The topological polar surface area (TPSA) is 31.4 Å². The molecule has 0 aliphatic carbocycles. The number of anilines is 12. The van der Waals surface area contributed by atoms with Crippen LogP contribution in [0.15, 0.2) is 364 Å². The summed E-state index contributed by atoms with van der Waals surface area (Å²) in [6, 6.07) is 132. The van der Waals surface area contributed by atoms with Crippen LogP contribution in [-0.4, -0.2) is 13.4 Å². The highest BCUT2D eigenvalue weighted by atomic mass is 16.5. The second-order valence-electron chi connectivity index (χ2n) is 25.4. The number of benzene rings is 15. The summed E-state index contributed by atoms with van der Waals surface area (Å²) in [5.41, 5.74) is 27.9. The van der Waals surface area contributed by atoms with E-state index < -0.39 is 0 Å². The molecule has 4 heterocycles. The van der Waals surface area contributed by atoms with Gasteiger partial charge in [0, 0.05) is 74.2 Å². The standard InChI is InChI=1S/C90H60B2N4O2/c1-8-31-61(32-9-1)70-45-22-26-51-78(70)93(65-39-16-5-17-40-65)68-55-82-88-86(57-68)97-84-53-28-24-49-74(84)91(88)76-59-77-81(60-80(76)95(82)67-43-20-7-21-44-67)96(90-72(63-35-12-3-13-36-63)47-30-48-73(90)64-37-14-4-15-38-64)83-56-69(58-87-89(83)92(77)75-50-25-29-54-85(75)98-87)94(66-41-18-6-19-42-66)79-52-27-23-46-71(79)62-33-10-2-11-34-62/h1-60H. The van der Waals surface area contributed by atoms with Gasteiger partial charge in [0.1, 0.15) is 23.0 Å². The molecule has 0 saturated heterocycles. The molecule has 0 N–H and O–H groups in total. The number of hydrogen-bond acceptors (Lipinski definition) is 6. The average molecular weight is 1250 g/mol. The van der Waals surface area contributed by atoms with Crippen molar-refractivity contribution in [1.29, 1.82) is 0 Å². The Kier molecular flexibility index (Phi) is 13.7. The van der Waals surface area contributed by atoms with Crippen LogP contribution in [0.1, 0.15) is 0 Å². The Morgan fingerprint density at radius 2 is 0.582 bits per heavy atom. The van der Waals surface area contributed by atoms with E-state index in [-0.39, 0.29) is 13.4 Å². The van der Waals surface area contributed by atoms with Crippen LogP contribution >= 0.6 is 0 Å². The highest BCUT2D eigenvalue weighted by molar-refractivity contribution is 7.02. The Balaban J connectivity index is 0.935. The summed E-state index contributed by atoms with van der Waals surface area (Å²) >= 11 is 0. The second kappa shape index (κ2) is 23.6. The van der Waals surface area contributed by atoms with E-state index in [9.17, 15) is 0 Å². The van der Waals surface area contributed by atoms with Gasteiger partial charge in [-0.05, 0) is 134 Å². The maximum atomic E-state index is 7.52. The Bertz CT molecular complexity index is 5490. The SMILES string of the molecule is c1ccc(-c2ccccc2N(c2ccccc2)c2cc3c4c(c2)N(c2ccccc2)c2cc5c(cc2B4c2ccccc2O3)B2c3ccccc3Oc3cc(N(c4ccccc4)c4ccccc4-c4ccccc4)cc(c32)N5c2c(-c3ccccc3)cccc2-c2ccccc2)cc1. The minimum absolute atomic E-state index is 0.242. The van der Waals surface area contributed by atoms with Crippen molar-refractivity contribution >= 4 is 114 Å². The summed E-state index contributed by atoms with van der Waals surface area (Å²) in [6.07, 6.45) is 0. The van der Waals surface area contributed by atoms with Crippen LogP contribution in [0.2, 0.25) is 0 Å². The van der Waals surface area contributed by atoms with E-state index >= 15 is 0 Å². The lowest BCUT2D eigenvalue weighted by molar-refractivity contribution is 0.487. The van der Waals surface area contributed by atoms with Crippen LogP contribution < -0.4 is 61.9 Å². The first-order valence-corrected chi connectivity index (χ1v) is 33.6. The number of nitrogens with zero attached hydrogens (tertiary/aromatic N) is 4. The van der Waals surface area contributed by atoms with Crippen molar-refractivity contribution in [2.24, 2.45) is 0 Å². The number of para-hydroxylation sites is 8. The Morgan fingerprint density at radius 1 is 0.235 bits per heavy atom. The number of hydrogen-bond donors (Lipinski definition) is 0. The maximum absolute atomic E-state index is 7.52. The van der Waals surface area contributed by atoms with Crippen LogP contribution in [0.3, 0.4) is 0 Å². The first-order chi connectivity index (χ1) is 48.7. The number of rotatable bonds is 12. The predicted octanol–water partition coefficient (Wildman–Crippen LogP) is 20.1. The summed E-state index contributed by atoms with van der Waals surface area (Å²) < 4.78 is 14.9. The van der Waals surface area contributed by atoms with E-state index in [4.69, 9.17) is 9.47 Å². The molecule has 0 bridgehead atoms. The summed E-state index contributed by atoms with van der Waals surface area (Å²) in [7, 11) is 0. The lowest BCUT2D eigenvalue weighted by Gasteiger charge is -2.45. The molecule has 0 radical (unpaired) electrons.